The van der Waals surface area contributed by atoms with Crippen LogP contribution in [0, 0.1) is 11.8 Å². The van der Waals surface area contributed by atoms with Crippen LogP contribution in [-0.4, -0.2) is 30.7 Å². The number of benzene rings is 4. The van der Waals surface area contributed by atoms with E-state index >= 15 is 0 Å². The number of methoxy groups -OCH3 is 1. The molecule has 0 bridgehead atoms. The Bertz CT molecular complexity index is 1460. The van der Waals surface area contributed by atoms with Crippen LogP contribution in [-0.2, 0) is 25.5 Å². The third kappa shape index (κ3) is 8.63. The highest BCUT2D eigenvalue weighted by Crippen LogP contribution is 2.49. The van der Waals surface area contributed by atoms with Gasteiger partial charge in [0, 0.05) is 25.4 Å². The Labute approximate surface area is 285 Å². The quantitative estimate of drug-likeness (QED) is 0.123. The van der Waals surface area contributed by atoms with Gasteiger partial charge < -0.3 is 10.1 Å². The lowest BCUT2D eigenvalue weighted by atomic mass is 9.84. The lowest BCUT2D eigenvalue weighted by Gasteiger charge is -2.36. The van der Waals surface area contributed by atoms with Crippen LogP contribution in [0.4, 0.5) is 0 Å². The van der Waals surface area contributed by atoms with Crippen molar-refractivity contribution in [3.8, 4) is 0 Å². The molecule has 0 heterocycles. The molecule has 1 aliphatic carbocycles. The van der Waals surface area contributed by atoms with Gasteiger partial charge in [-0.2, -0.15) is 0 Å². The number of hydrogen-bond donors (Lipinski definition) is 1. The maximum absolute atomic E-state index is 13.8. The number of rotatable bonds is 16. The molecule has 5 rings (SSSR count). The van der Waals surface area contributed by atoms with Crippen molar-refractivity contribution in [1.82, 2.24) is 5.32 Å². The second-order valence-electron chi connectivity index (χ2n) is 13.0. The highest BCUT2D eigenvalue weighted by Gasteiger charge is 2.37. The third-order valence-electron chi connectivity index (χ3n) is 9.79. The largest absolute Gasteiger partial charge is 0.382 e. The van der Waals surface area contributed by atoms with Gasteiger partial charge >= 0.3 is 0 Å². The van der Waals surface area contributed by atoms with Crippen LogP contribution in [0.5, 0.6) is 0 Å². The van der Waals surface area contributed by atoms with Gasteiger partial charge in [0.1, 0.15) is 5.78 Å². The van der Waals surface area contributed by atoms with Crippen molar-refractivity contribution in [3.05, 3.63) is 143 Å². The highest BCUT2D eigenvalue weighted by molar-refractivity contribution is 8.00. The maximum atomic E-state index is 13.8. The number of carbonyl (C=O) groups excluding carboxylic acids is 2. The van der Waals surface area contributed by atoms with Crippen LogP contribution in [0.2, 0.25) is 0 Å². The molecule has 0 saturated carbocycles. The monoisotopic (exact) mass is 647 g/mol. The van der Waals surface area contributed by atoms with Gasteiger partial charge in [-0.3, -0.25) is 9.59 Å². The summed E-state index contributed by atoms with van der Waals surface area (Å²) in [5.41, 5.74) is 6.18. The van der Waals surface area contributed by atoms with Gasteiger partial charge in [0.25, 0.3) is 0 Å². The van der Waals surface area contributed by atoms with Crippen molar-refractivity contribution in [2.24, 2.45) is 11.8 Å². The number of fused-ring (bicyclic) bond motifs is 1. The number of amides is 1. The van der Waals surface area contributed by atoms with Gasteiger partial charge in [-0.25, -0.2) is 0 Å². The molecular weight excluding hydrogens is 599 g/mol. The fourth-order valence-corrected chi connectivity index (χ4v) is 8.52. The number of Topliss-reactive ketones (excluding diaryl/α,β-unsaturated/α-hetero) is 1. The number of ether oxygens (including phenoxy) is 1. The third-order valence-corrected chi connectivity index (χ3v) is 11.4. The molecule has 4 aromatic carbocycles. The number of carbonyl (C=O) groups is 2. The van der Waals surface area contributed by atoms with E-state index in [1.807, 2.05) is 31.7 Å². The molecule has 1 amide bonds. The van der Waals surface area contributed by atoms with Crippen LogP contribution in [0.1, 0.15) is 86.2 Å². The average molecular weight is 648 g/mol. The first-order valence-electron chi connectivity index (χ1n) is 17.2. The summed E-state index contributed by atoms with van der Waals surface area (Å²) >= 11 is 1.89. The predicted molar refractivity (Wildman–Crippen MR) is 195 cm³/mol. The summed E-state index contributed by atoms with van der Waals surface area (Å²) in [4.78, 5) is 27.6. The summed E-state index contributed by atoms with van der Waals surface area (Å²) < 4.78 is 5.09. The highest BCUT2D eigenvalue weighted by atomic mass is 32.2. The first-order chi connectivity index (χ1) is 22.9. The van der Waals surface area contributed by atoms with E-state index in [2.05, 4.69) is 115 Å². The van der Waals surface area contributed by atoms with Crippen molar-refractivity contribution in [2.45, 2.75) is 75.7 Å². The smallest absolute Gasteiger partial charge is 0.224 e. The Kier molecular flexibility index (Phi) is 12.5. The second kappa shape index (κ2) is 16.9. The number of ketones is 1. The first-order valence-corrected chi connectivity index (χ1v) is 18.1. The summed E-state index contributed by atoms with van der Waals surface area (Å²) in [6, 6.07) is 40.4. The molecule has 246 valence electrons. The first kappa shape index (κ1) is 34.7. The van der Waals surface area contributed by atoms with E-state index in [1.54, 1.807) is 7.11 Å². The van der Waals surface area contributed by atoms with E-state index in [9.17, 15) is 9.59 Å². The summed E-state index contributed by atoms with van der Waals surface area (Å²) in [5.74, 6) is 0.405. The summed E-state index contributed by atoms with van der Waals surface area (Å²) in [6.45, 7) is 4.05. The number of hydrogen-bond acceptors (Lipinski definition) is 4. The SMILES string of the molecule is COC(C)CCC(CC(=O)[C@@H](C)CCSC(c1ccccc1)(c1ccccc1)c1ccccc1)C(=O)N[C@@H]1CCCc2ccccc21. The molecular formula is C42H49NO3S. The Balaban J connectivity index is 1.30. The minimum absolute atomic E-state index is 0.000747. The van der Waals surface area contributed by atoms with E-state index in [-0.39, 0.29) is 42.1 Å². The number of thioether (sulfide) groups is 1. The van der Waals surface area contributed by atoms with Crippen LogP contribution in [0.25, 0.3) is 0 Å². The van der Waals surface area contributed by atoms with Crippen molar-refractivity contribution in [1.29, 1.82) is 0 Å². The van der Waals surface area contributed by atoms with Crippen molar-refractivity contribution in [3.63, 3.8) is 0 Å². The van der Waals surface area contributed by atoms with Gasteiger partial charge in [0.05, 0.1) is 16.9 Å². The van der Waals surface area contributed by atoms with E-state index in [0.29, 0.717) is 6.42 Å². The van der Waals surface area contributed by atoms with Gasteiger partial charge in [-0.05, 0) is 79.0 Å². The zero-order valence-electron chi connectivity index (χ0n) is 28.1. The predicted octanol–water partition coefficient (Wildman–Crippen LogP) is 9.32. The maximum Gasteiger partial charge on any atom is 0.224 e. The molecule has 0 saturated heterocycles. The molecule has 1 aliphatic rings. The number of nitrogens with one attached hydrogen (secondary N) is 1. The standard InChI is InChI=1S/C42H49NO3S/c1-31(28-29-47-42(35-18-7-4-8-19-35,36-20-9-5-10-21-36)37-22-11-6-12-23-37)40(44)30-34(27-26-32(2)46-3)41(45)43-39-25-15-17-33-16-13-14-24-38(33)39/h4-14,16,18-24,31-32,34,39H,15,17,25-30H2,1-3H3,(H,43,45)/t31-,32?,34?,39+/m0/s1. The van der Waals surface area contributed by atoms with Crippen molar-refractivity contribution in [2.75, 3.05) is 12.9 Å². The number of aryl methyl sites for hydroxylation is 1. The Morgan fingerprint density at radius 1 is 0.787 bits per heavy atom. The zero-order chi connectivity index (χ0) is 33.1. The normalized spacial score (nSPS) is 16.4. The molecule has 0 radical (unpaired) electrons. The Morgan fingerprint density at radius 3 is 1.91 bits per heavy atom. The van der Waals surface area contributed by atoms with Gasteiger partial charge in [0.15, 0.2) is 0 Å². The van der Waals surface area contributed by atoms with Crippen molar-refractivity contribution >= 4 is 23.5 Å². The molecule has 47 heavy (non-hydrogen) atoms. The topological polar surface area (TPSA) is 55.4 Å². The van der Waals surface area contributed by atoms with E-state index in [4.69, 9.17) is 4.74 Å². The van der Waals surface area contributed by atoms with Gasteiger partial charge in [-0.15, -0.1) is 11.8 Å². The summed E-state index contributed by atoms with van der Waals surface area (Å²) in [5, 5.41) is 3.34. The molecule has 0 aliphatic heterocycles. The molecule has 1 N–H and O–H groups in total. The molecule has 4 atom stereocenters. The summed E-state index contributed by atoms with van der Waals surface area (Å²) in [6.07, 6.45) is 5.41. The van der Waals surface area contributed by atoms with Gasteiger partial charge in [-0.1, -0.05) is 122 Å². The molecule has 4 aromatic rings. The van der Waals surface area contributed by atoms with Crippen LogP contribution >= 0.6 is 11.8 Å². The van der Waals surface area contributed by atoms with Gasteiger partial charge in [0.2, 0.25) is 5.91 Å². The van der Waals surface area contributed by atoms with E-state index in [0.717, 1.165) is 37.9 Å². The average Bonchev–Trinajstić information content (AvgIpc) is 3.12. The fourth-order valence-electron chi connectivity index (χ4n) is 6.84. The van der Waals surface area contributed by atoms with E-state index in [1.165, 1.54) is 27.8 Å². The molecule has 0 aromatic heterocycles. The Hall–Kier alpha value is -3.67. The van der Waals surface area contributed by atoms with E-state index < -0.39 is 4.75 Å². The second-order valence-corrected chi connectivity index (χ2v) is 14.3. The van der Waals surface area contributed by atoms with Crippen LogP contribution in [0.15, 0.2) is 115 Å². The molecule has 5 heteroatoms. The van der Waals surface area contributed by atoms with Crippen LogP contribution < -0.4 is 5.32 Å². The summed E-state index contributed by atoms with van der Waals surface area (Å²) in [7, 11) is 1.70. The Morgan fingerprint density at radius 2 is 1.34 bits per heavy atom. The minimum Gasteiger partial charge on any atom is -0.382 e. The zero-order valence-corrected chi connectivity index (χ0v) is 28.9. The molecule has 2 unspecified atom stereocenters. The van der Waals surface area contributed by atoms with Crippen LogP contribution in [0.3, 0.4) is 0 Å². The molecule has 4 nitrogen and oxygen atoms in total. The fraction of sp³-hybridized carbons (Fsp3) is 0.381. The lowest BCUT2D eigenvalue weighted by Crippen LogP contribution is -2.37. The molecule has 0 fully saturated rings. The lowest BCUT2D eigenvalue weighted by molar-refractivity contribution is -0.131. The minimum atomic E-state index is -0.415. The molecule has 0 spiro atoms. The van der Waals surface area contributed by atoms with Crippen molar-refractivity contribution < 1.29 is 14.3 Å².